The first-order valence-corrected chi connectivity index (χ1v) is 7.50. The van der Waals surface area contributed by atoms with E-state index in [2.05, 4.69) is 41.5 Å². The number of aldehydes is 1. The van der Waals surface area contributed by atoms with E-state index in [0.29, 0.717) is 16.6 Å². The average molecular weight is 201 g/mol. The molecule has 0 heterocycles. The maximum Gasteiger partial charge on any atom is 0.117 e. The molecule has 0 fully saturated rings. The zero-order valence-corrected chi connectivity index (χ0v) is 10.8. The van der Waals surface area contributed by atoms with E-state index in [9.17, 15) is 4.79 Å². The van der Waals surface area contributed by atoms with Crippen molar-refractivity contribution in [3.63, 3.8) is 0 Å². The highest BCUT2D eigenvalue weighted by Crippen LogP contribution is 2.43. The van der Waals surface area contributed by atoms with E-state index in [4.69, 9.17) is 1.37 Å². The van der Waals surface area contributed by atoms with Gasteiger partial charge >= 0.3 is 0 Å². The van der Waals surface area contributed by atoms with Crippen LogP contribution in [0.4, 0.5) is 0 Å². The highest BCUT2D eigenvalue weighted by Gasteiger charge is 2.41. The lowest BCUT2D eigenvalue weighted by Crippen LogP contribution is -2.44. The quantitative estimate of drug-likeness (QED) is 0.487. The van der Waals surface area contributed by atoms with Crippen LogP contribution in [-0.4, -0.2) is 14.4 Å². The Morgan fingerprint density at radius 2 is 1.38 bits per heavy atom. The van der Waals surface area contributed by atoms with E-state index in [0.717, 1.165) is 6.29 Å². The predicted molar refractivity (Wildman–Crippen MR) is 61.9 cm³/mol. The summed E-state index contributed by atoms with van der Waals surface area (Å²) in [6.45, 7) is 13.1. The second kappa shape index (κ2) is 4.94. The fraction of sp³-hybridized carbons (Fsp3) is 0.909. The van der Waals surface area contributed by atoms with Crippen molar-refractivity contribution in [3.05, 3.63) is 0 Å². The number of hydrogen-bond acceptors (Lipinski definition) is 1. The molecule has 0 spiro atoms. The smallest absolute Gasteiger partial charge is 0.117 e. The van der Waals surface area contributed by atoms with Gasteiger partial charge in [0.05, 0.1) is 8.07 Å². The Morgan fingerprint density at radius 3 is 1.46 bits per heavy atom. The van der Waals surface area contributed by atoms with Crippen molar-refractivity contribution in [2.24, 2.45) is 0 Å². The summed E-state index contributed by atoms with van der Waals surface area (Å²) in [6.07, 6.45) is 0.853. The molecular weight excluding hydrogens is 176 g/mol. The topological polar surface area (TPSA) is 17.1 Å². The number of carbonyl (C=O) groups excluding carboxylic acids is 1. The fourth-order valence-corrected chi connectivity index (χ4v) is 8.09. The lowest BCUT2D eigenvalue weighted by molar-refractivity contribution is -0.106. The van der Waals surface area contributed by atoms with E-state index in [1.54, 1.807) is 0 Å². The summed E-state index contributed by atoms with van der Waals surface area (Å²) in [7, 11) is -1.83. The Morgan fingerprint density at radius 1 is 1.08 bits per heavy atom. The molecule has 0 radical (unpaired) electrons. The molecule has 0 aromatic rings. The molecule has 1 nitrogen and oxygen atoms in total. The molecule has 0 aliphatic rings. The summed E-state index contributed by atoms with van der Waals surface area (Å²) in [4.78, 5) is 10.9. The molecule has 0 saturated carbocycles. The van der Waals surface area contributed by atoms with Crippen LogP contribution in [0.25, 0.3) is 0 Å². The van der Waals surface area contributed by atoms with Crippen LogP contribution < -0.4 is 0 Å². The lowest BCUT2D eigenvalue weighted by Gasteiger charge is -2.41. The van der Waals surface area contributed by atoms with Crippen LogP contribution in [0.2, 0.25) is 22.6 Å². The van der Waals surface area contributed by atoms with Gasteiger partial charge in [-0.05, 0) is 6.02 Å². The molecule has 1 atom stereocenters. The van der Waals surface area contributed by atoms with Crippen molar-refractivity contribution in [3.8, 4) is 0 Å². The third-order valence-corrected chi connectivity index (χ3v) is 10.1. The Kier molecular flexibility index (Phi) is 4.17. The molecule has 0 aromatic heterocycles. The van der Waals surface area contributed by atoms with Gasteiger partial charge in [-0.3, -0.25) is 0 Å². The van der Waals surface area contributed by atoms with Crippen molar-refractivity contribution in [2.75, 3.05) is 0 Å². The Hall–Kier alpha value is -0.113. The van der Waals surface area contributed by atoms with E-state index in [-0.39, 0.29) is 0 Å². The van der Waals surface area contributed by atoms with Gasteiger partial charge in [0.15, 0.2) is 0 Å². The minimum atomic E-state index is -1.83. The molecule has 1 unspecified atom stereocenters. The van der Waals surface area contributed by atoms with E-state index < -0.39 is 14.1 Å². The van der Waals surface area contributed by atoms with Crippen molar-refractivity contribution >= 4 is 14.4 Å². The molecule has 0 amide bonds. The standard InChI is InChI=1S/C11H24OSi/c1-9(2)13(8-7-12,10(3)4)11(5)6/h7,9-11H,8H2,1-6H3/i8D. The fourth-order valence-electron chi connectivity index (χ4n) is 2.70. The summed E-state index contributed by atoms with van der Waals surface area (Å²) in [5.41, 5.74) is 1.49. The van der Waals surface area contributed by atoms with Crippen LogP contribution >= 0.6 is 0 Å². The van der Waals surface area contributed by atoms with Crippen LogP contribution in [0.5, 0.6) is 0 Å². The summed E-state index contributed by atoms with van der Waals surface area (Å²) >= 11 is 0. The van der Waals surface area contributed by atoms with Crippen LogP contribution in [0.3, 0.4) is 0 Å². The Bertz CT molecular complexity index is 168. The maximum absolute atomic E-state index is 10.9. The highest BCUT2D eigenvalue weighted by molar-refractivity contribution is 6.85. The van der Waals surface area contributed by atoms with Crippen LogP contribution in [0.15, 0.2) is 0 Å². The van der Waals surface area contributed by atoms with Crippen molar-refractivity contribution in [1.82, 2.24) is 0 Å². The molecule has 0 aliphatic heterocycles. The molecule has 13 heavy (non-hydrogen) atoms. The van der Waals surface area contributed by atoms with Crippen LogP contribution in [-0.2, 0) is 4.79 Å². The molecular formula is C11H24OSi. The summed E-state index contributed by atoms with van der Waals surface area (Å²) in [5.74, 6) is 0. The molecule has 0 saturated heterocycles. The first-order chi connectivity index (χ1) is 6.31. The minimum Gasteiger partial charge on any atom is -0.304 e. The van der Waals surface area contributed by atoms with Crippen molar-refractivity contribution in [2.45, 2.75) is 64.2 Å². The van der Waals surface area contributed by atoms with Gasteiger partial charge < -0.3 is 4.79 Å². The molecule has 0 aromatic carbocycles. The maximum atomic E-state index is 10.9. The van der Waals surface area contributed by atoms with Crippen molar-refractivity contribution < 1.29 is 6.17 Å². The second-order valence-electron chi connectivity index (χ2n) is 4.77. The zero-order valence-electron chi connectivity index (χ0n) is 10.8. The summed E-state index contributed by atoms with van der Waals surface area (Å²) < 4.78 is 8.01. The molecule has 2 heteroatoms. The predicted octanol–water partition coefficient (Wildman–Crippen LogP) is 3.86. The van der Waals surface area contributed by atoms with Gasteiger partial charge in [-0.15, -0.1) is 0 Å². The monoisotopic (exact) mass is 201 g/mol. The number of carbonyl (C=O) groups is 1. The van der Waals surface area contributed by atoms with Gasteiger partial charge in [-0.25, -0.2) is 0 Å². The van der Waals surface area contributed by atoms with Crippen molar-refractivity contribution in [1.29, 1.82) is 0 Å². The molecule has 0 bridgehead atoms. The zero-order chi connectivity index (χ0) is 11.5. The number of hydrogen-bond donors (Lipinski definition) is 0. The van der Waals surface area contributed by atoms with Gasteiger partial charge in [0.25, 0.3) is 0 Å². The normalized spacial score (nSPS) is 16.5. The SMILES string of the molecule is [2H]C(C=O)[Si](C(C)C)(C(C)C)C(C)C. The Labute approximate surface area is 85.3 Å². The molecule has 78 valence electrons. The van der Waals surface area contributed by atoms with Crippen LogP contribution in [0.1, 0.15) is 42.9 Å². The van der Waals surface area contributed by atoms with Crippen LogP contribution in [0, 0.1) is 0 Å². The molecule has 0 N–H and O–H groups in total. The highest BCUT2D eigenvalue weighted by atomic mass is 28.3. The summed E-state index contributed by atoms with van der Waals surface area (Å²) in [5, 5.41) is 0. The largest absolute Gasteiger partial charge is 0.304 e. The Balaban J connectivity index is 5.26. The van der Waals surface area contributed by atoms with Gasteiger partial charge in [-0.1, -0.05) is 58.2 Å². The van der Waals surface area contributed by atoms with Gasteiger partial charge in [-0.2, -0.15) is 0 Å². The van der Waals surface area contributed by atoms with E-state index >= 15 is 0 Å². The van der Waals surface area contributed by atoms with Gasteiger partial charge in [0, 0.05) is 1.37 Å². The van der Waals surface area contributed by atoms with Gasteiger partial charge in [0.2, 0.25) is 0 Å². The minimum absolute atomic E-state index is 0.470. The first-order valence-electron chi connectivity index (χ1n) is 5.77. The molecule has 0 aliphatic carbocycles. The van der Waals surface area contributed by atoms with E-state index in [1.165, 1.54) is 0 Å². The average Bonchev–Trinajstić information content (AvgIpc) is 2.02. The van der Waals surface area contributed by atoms with E-state index in [1.807, 2.05) is 0 Å². The first kappa shape index (κ1) is 11.0. The summed E-state index contributed by atoms with van der Waals surface area (Å²) in [6, 6.07) is -0.470. The third-order valence-electron chi connectivity index (χ3n) is 3.36. The lowest BCUT2D eigenvalue weighted by atomic mass is 10.5. The third kappa shape index (κ3) is 2.43. The number of rotatable bonds is 5. The van der Waals surface area contributed by atoms with Gasteiger partial charge in [0.1, 0.15) is 6.29 Å². The second-order valence-corrected chi connectivity index (χ2v) is 10.6. The molecule has 0 rings (SSSR count).